The average molecular weight is 443 g/mol. The number of anilines is 1. The monoisotopic (exact) mass is 443 g/mol. The highest BCUT2D eigenvalue weighted by Crippen LogP contribution is 2.55. The Hall–Kier alpha value is -3.47. The zero-order valence-corrected chi connectivity index (χ0v) is 17.8. The lowest BCUT2D eigenvalue weighted by atomic mass is 9.69. The van der Waals surface area contributed by atoms with Gasteiger partial charge in [-0.3, -0.25) is 14.3 Å². The van der Waals surface area contributed by atoms with Gasteiger partial charge in [-0.15, -0.1) is 4.73 Å². The molecule has 3 aromatic heterocycles. The van der Waals surface area contributed by atoms with Gasteiger partial charge in [-0.1, -0.05) is 0 Å². The summed E-state index contributed by atoms with van der Waals surface area (Å²) in [6.45, 7) is 6.29. The van der Waals surface area contributed by atoms with Crippen molar-refractivity contribution in [1.82, 2.24) is 19.5 Å². The Balaban J connectivity index is 1.52. The van der Waals surface area contributed by atoms with Crippen LogP contribution in [0, 0.1) is 0 Å². The van der Waals surface area contributed by atoms with Gasteiger partial charge in [-0.25, -0.2) is 0 Å². The van der Waals surface area contributed by atoms with Crippen molar-refractivity contribution in [3.63, 3.8) is 0 Å². The van der Waals surface area contributed by atoms with E-state index in [1.807, 2.05) is 24.7 Å². The molecule has 2 saturated heterocycles. The molecule has 2 bridgehead atoms. The lowest BCUT2D eigenvalue weighted by Crippen LogP contribution is -2.49. The highest BCUT2D eigenvalue weighted by molar-refractivity contribution is 6.07. The predicted molar refractivity (Wildman–Crippen MR) is 111 cm³/mol. The summed E-state index contributed by atoms with van der Waals surface area (Å²) in [5.74, 6) is -0.540. The first-order valence-corrected chi connectivity index (χ1v) is 10.3. The van der Waals surface area contributed by atoms with Gasteiger partial charge in [-0.2, -0.15) is 15.1 Å². The highest BCUT2D eigenvalue weighted by Gasteiger charge is 2.61. The van der Waals surface area contributed by atoms with E-state index in [4.69, 9.17) is 9.47 Å². The molecule has 5 heterocycles. The molecule has 1 saturated carbocycles. The molecule has 1 amide bonds. The molecule has 0 aromatic carbocycles. The number of amides is 1. The van der Waals surface area contributed by atoms with Crippen LogP contribution in [-0.4, -0.2) is 43.7 Å². The molecule has 0 atom stereocenters. The first-order chi connectivity index (χ1) is 15.2. The molecule has 0 unspecified atom stereocenters. The van der Waals surface area contributed by atoms with E-state index in [-0.39, 0.29) is 34.4 Å². The quantitative estimate of drug-likeness (QED) is 0.622. The van der Waals surface area contributed by atoms with Gasteiger partial charge in [0.1, 0.15) is 11.3 Å². The number of carbonyl (C=O) groups excluding carboxylic acids is 1. The number of aromatic nitrogens is 4. The minimum Gasteiger partial charge on any atom is -0.474 e. The average Bonchev–Trinajstić information content (AvgIpc) is 3.39. The SMILES string of the molecule is CC(C)Oc1nc2nn(C34COC(C)(C3)C4)cc2cc1C(=O)Nc1cccn(OF)c1=O. The van der Waals surface area contributed by atoms with Crippen LogP contribution in [0.25, 0.3) is 11.0 Å². The summed E-state index contributed by atoms with van der Waals surface area (Å²) < 4.78 is 26.4. The zero-order chi connectivity index (χ0) is 22.7. The number of rotatable bonds is 6. The number of ether oxygens (including phenoxy) is 2. The van der Waals surface area contributed by atoms with Crippen LogP contribution in [0.15, 0.2) is 35.4 Å². The third-order valence-electron chi connectivity index (χ3n) is 5.87. The van der Waals surface area contributed by atoms with E-state index in [0.717, 1.165) is 19.0 Å². The molecule has 0 radical (unpaired) electrons. The fraction of sp³-hybridized carbons (Fsp3) is 0.429. The summed E-state index contributed by atoms with van der Waals surface area (Å²) in [7, 11) is 0. The maximum Gasteiger partial charge on any atom is 0.309 e. The second kappa shape index (κ2) is 7.02. The number of pyridine rings is 2. The Morgan fingerprint density at radius 3 is 2.81 bits per heavy atom. The van der Waals surface area contributed by atoms with Crippen molar-refractivity contribution in [3.8, 4) is 5.88 Å². The van der Waals surface area contributed by atoms with Gasteiger partial charge in [-0.05, 0) is 39.0 Å². The Kier molecular flexibility index (Phi) is 4.48. The fourth-order valence-electron chi connectivity index (χ4n) is 4.55. The second-order valence-corrected chi connectivity index (χ2v) is 8.89. The van der Waals surface area contributed by atoms with Crippen LogP contribution in [0.3, 0.4) is 0 Å². The van der Waals surface area contributed by atoms with Crippen molar-refractivity contribution in [1.29, 1.82) is 0 Å². The third kappa shape index (κ3) is 3.20. The van der Waals surface area contributed by atoms with Crippen LogP contribution in [0.2, 0.25) is 0 Å². The lowest BCUT2D eigenvalue weighted by Gasteiger charge is -2.42. The van der Waals surface area contributed by atoms with E-state index in [1.165, 1.54) is 12.1 Å². The van der Waals surface area contributed by atoms with Crippen molar-refractivity contribution in [2.45, 2.75) is 50.9 Å². The fourth-order valence-corrected chi connectivity index (χ4v) is 4.55. The van der Waals surface area contributed by atoms with Crippen molar-refractivity contribution >= 4 is 22.6 Å². The normalized spacial score (nSPS) is 23.9. The molecule has 168 valence electrons. The van der Waals surface area contributed by atoms with E-state index in [2.05, 4.69) is 27.4 Å². The van der Waals surface area contributed by atoms with Crippen LogP contribution >= 0.6 is 0 Å². The molecular weight excluding hydrogens is 421 g/mol. The predicted octanol–water partition coefficient (Wildman–Crippen LogP) is 2.22. The van der Waals surface area contributed by atoms with Crippen LogP contribution < -0.4 is 20.7 Å². The van der Waals surface area contributed by atoms with Crippen LogP contribution in [-0.2, 0) is 10.3 Å². The molecule has 32 heavy (non-hydrogen) atoms. The lowest BCUT2D eigenvalue weighted by molar-refractivity contribution is -0.141. The topological polar surface area (TPSA) is 110 Å². The summed E-state index contributed by atoms with van der Waals surface area (Å²) in [6.07, 6.45) is 4.42. The van der Waals surface area contributed by atoms with Crippen molar-refractivity contribution < 1.29 is 23.8 Å². The van der Waals surface area contributed by atoms with Crippen LogP contribution in [0.4, 0.5) is 10.2 Å². The number of nitrogens with one attached hydrogen (secondary N) is 1. The minimum atomic E-state index is -0.857. The Morgan fingerprint density at radius 2 is 2.16 bits per heavy atom. The van der Waals surface area contributed by atoms with Crippen LogP contribution in [0.1, 0.15) is 44.0 Å². The van der Waals surface area contributed by atoms with E-state index >= 15 is 0 Å². The highest BCUT2D eigenvalue weighted by atomic mass is 19.3. The smallest absolute Gasteiger partial charge is 0.309 e. The maximum atomic E-state index is 13.0. The number of carbonyl (C=O) groups is 1. The van der Waals surface area contributed by atoms with E-state index in [1.54, 1.807) is 6.07 Å². The van der Waals surface area contributed by atoms with Gasteiger partial charge in [0.2, 0.25) is 5.88 Å². The minimum absolute atomic E-state index is 0.0897. The summed E-state index contributed by atoms with van der Waals surface area (Å²) >= 11 is 0. The van der Waals surface area contributed by atoms with Crippen LogP contribution in [0.5, 0.6) is 5.88 Å². The van der Waals surface area contributed by atoms with E-state index in [9.17, 15) is 14.1 Å². The molecule has 3 aromatic rings. The van der Waals surface area contributed by atoms with E-state index in [0.29, 0.717) is 22.4 Å². The molecule has 1 aliphatic carbocycles. The molecular formula is C21H22FN5O5. The number of halogens is 1. The second-order valence-electron chi connectivity index (χ2n) is 8.89. The zero-order valence-electron chi connectivity index (χ0n) is 17.8. The number of fused-ring (bicyclic) bond motifs is 2. The van der Waals surface area contributed by atoms with Gasteiger partial charge in [0.05, 0.1) is 30.0 Å². The molecule has 0 spiro atoms. The largest absolute Gasteiger partial charge is 0.474 e. The first-order valence-electron chi connectivity index (χ1n) is 10.3. The maximum absolute atomic E-state index is 13.0. The van der Waals surface area contributed by atoms with Gasteiger partial charge in [0, 0.05) is 29.0 Å². The first kappa shape index (κ1) is 20.4. The number of hydrogen-bond donors (Lipinski definition) is 1. The molecule has 2 aliphatic heterocycles. The summed E-state index contributed by atoms with van der Waals surface area (Å²) in [5.41, 5.74) is -0.741. The molecule has 3 fully saturated rings. The van der Waals surface area contributed by atoms with E-state index < -0.39 is 11.5 Å². The van der Waals surface area contributed by atoms with Gasteiger partial charge < -0.3 is 14.8 Å². The summed E-state index contributed by atoms with van der Waals surface area (Å²) in [4.78, 5) is 29.7. The Labute approximate surface area is 181 Å². The Bertz CT molecular complexity index is 1280. The van der Waals surface area contributed by atoms with Gasteiger partial charge in [0.25, 0.3) is 5.91 Å². The van der Waals surface area contributed by atoms with Crippen molar-refractivity contribution in [3.05, 3.63) is 46.5 Å². The molecule has 3 aliphatic rings. The molecule has 11 heteroatoms. The summed E-state index contributed by atoms with van der Waals surface area (Å²) in [5, 5.41) is 11.2. The standard InChI is InChI=1S/C21H22FN5O5/c1-12(2)31-18-14(17(28)23-15-5-4-6-26(32-22)19(15)29)7-13-8-27(25-16(13)24-18)21-9-20(3,10-21)30-11-21/h4-8,12H,9-11H2,1-3H3,(H,23,28). The van der Waals surface area contributed by atoms with Crippen molar-refractivity contribution in [2.24, 2.45) is 0 Å². The Morgan fingerprint density at radius 1 is 1.38 bits per heavy atom. The summed E-state index contributed by atoms with van der Waals surface area (Å²) in [6, 6.07) is 4.33. The third-order valence-corrected chi connectivity index (χ3v) is 5.87. The number of hydrogen-bond acceptors (Lipinski definition) is 7. The number of nitrogens with zero attached hydrogens (tertiary/aromatic N) is 4. The molecule has 6 rings (SSSR count). The van der Waals surface area contributed by atoms with Gasteiger partial charge in [0.15, 0.2) is 5.65 Å². The van der Waals surface area contributed by atoms with Gasteiger partial charge >= 0.3 is 5.56 Å². The molecule has 1 N–H and O–H groups in total. The molecule has 10 nitrogen and oxygen atoms in total. The van der Waals surface area contributed by atoms with Crippen molar-refractivity contribution in [2.75, 3.05) is 11.9 Å².